The Balaban J connectivity index is 1.87. The van der Waals surface area contributed by atoms with Crippen LogP contribution in [0.4, 0.5) is 0 Å². The maximum absolute atomic E-state index is 12.5. The number of nitrogens with zero attached hydrogens (tertiary/aromatic N) is 1. The third-order valence-corrected chi connectivity index (χ3v) is 4.31. The van der Waals surface area contributed by atoms with Gasteiger partial charge in [0.25, 0.3) is 11.8 Å². The summed E-state index contributed by atoms with van der Waals surface area (Å²) in [5, 5.41) is 0. The van der Waals surface area contributed by atoms with Crippen molar-refractivity contribution in [3.63, 3.8) is 0 Å². The minimum Gasteiger partial charge on any atom is -0.458 e. The molecule has 0 radical (unpaired) electrons. The highest BCUT2D eigenvalue weighted by Gasteiger charge is 2.37. The van der Waals surface area contributed by atoms with Crippen LogP contribution < -0.4 is 0 Å². The number of rotatable bonds is 2. The van der Waals surface area contributed by atoms with Crippen molar-refractivity contribution in [3.05, 3.63) is 58.8 Å². The maximum Gasteiger partial charge on any atom is 0.262 e. The summed E-state index contributed by atoms with van der Waals surface area (Å²) in [5.41, 5.74) is 2.25. The summed E-state index contributed by atoms with van der Waals surface area (Å²) in [7, 11) is 1.49. The zero-order valence-electron chi connectivity index (χ0n) is 13.5. The Bertz CT molecular complexity index is 993. The number of furan rings is 2. The van der Waals surface area contributed by atoms with Crippen molar-refractivity contribution in [3.8, 4) is 22.8 Å². The lowest BCUT2D eigenvalue weighted by atomic mass is 9.97. The Labute approximate surface area is 138 Å². The van der Waals surface area contributed by atoms with Gasteiger partial charge in [0.15, 0.2) is 11.5 Å². The first-order valence-corrected chi connectivity index (χ1v) is 7.60. The minimum atomic E-state index is -0.305. The van der Waals surface area contributed by atoms with E-state index in [9.17, 15) is 9.59 Å². The molecule has 24 heavy (non-hydrogen) atoms. The van der Waals surface area contributed by atoms with Crippen LogP contribution in [0, 0.1) is 13.8 Å². The quantitative estimate of drug-likeness (QED) is 0.668. The number of amides is 2. The maximum atomic E-state index is 12.5. The van der Waals surface area contributed by atoms with Crippen molar-refractivity contribution >= 4 is 11.8 Å². The molecule has 0 fully saturated rings. The highest BCUT2D eigenvalue weighted by atomic mass is 16.4. The number of benzene rings is 1. The van der Waals surface area contributed by atoms with Crippen molar-refractivity contribution < 1.29 is 18.4 Å². The van der Waals surface area contributed by atoms with Crippen molar-refractivity contribution in [2.75, 3.05) is 7.05 Å². The molecule has 1 aliphatic rings. The number of carbonyl (C=O) groups is 2. The van der Waals surface area contributed by atoms with Crippen LogP contribution in [0.2, 0.25) is 0 Å². The topological polar surface area (TPSA) is 63.7 Å². The Morgan fingerprint density at radius 2 is 1.38 bits per heavy atom. The average Bonchev–Trinajstić information content (AvgIpc) is 3.25. The van der Waals surface area contributed by atoms with E-state index < -0.39 is 0 Å². The van der Waals surface area contributed by atoms with Crippen LogP contribution in [0.15, 0.2) is 45.2 Å². The summed E-state index contributed by atoms with van der Waals surface area (Å²) in [6.45, 7) is 3.69. The predicted molar refractivity (Wildman–Crippen MR) is 87.7 cm³/mol. The van der Waals surface area contributed by atoms with E-state index in [0.717, 1.165) is 16.2 Å². The number of carbonyl (C=O) groups excluding carboxylic acids is 2. The Kier molecular flexibility index (Phi) is 3.00. The molecule has 0 aliphatic carbocycles. The molecule has 4 rings (SSSR count). The summed E-state index contributed by atoms with van der Waals surface area (Å²) < 4.78 is 11.4. The van der Waals surface area contributed by atoms with Crippen LogP contribution in [0.5, 0.6) is 0 Å². The first kappa shape index (κ1) is 14.5. The summed E-state index contributed by atoms with van der Waals surface area (Å²) in [6.07, 6.45) is 0. The van der Waals surface area contributed by atoms with E-state index in [1.165, 1.54) is 7.05 Å². The van der Waals surface area contributed by atoms with Crippen LogP contribution in [-0.2, 0) is 0 Å². The zero-order chi connectivity index (χ0) is 17.0. The number of hydrogen-bond acceptors (Lipinski definition) is 4. The van der Waals surface area contributed by atoms with E-state index in [1.807, 2.05) is 38.1 Å². The molecule has 0 atom stereocenters. The van der Waals surface area contributed by atoms with Crippen LogP contribution in [0.25, 0.3) is 22.8 Å². The van der Waals surface area contributed by atoms with E-state index in [2.05, 4.69) is 0 Å². The molecular formula is C19H15NO4. The molecule has 0 unspecified atom stereocenters. The standard InChI is InChI=1S/C19H15NO4/c1-10-4-6-12(17-16(10)18(21)20(3)19(17)22)13-8-9-15(24-13)14-7-5-11(2)23-14/h4-9H,1-3H3. The third-order valence-electron chi connectivity index (χ3n) is 4.31. The van der Waals surface area contributed by atoms with Gasteiger partial charge >= 0.3 is 0 Å². The fraction of sp³-hybridized carbons (Fsp3) is 0.158. The molecule has 3 heterocycles. The third kappa shape index (κ3) is 1.94. The summed E-state index contributed by atoms with van der Waals surface area (Å²) >= 11 is 0. The van der Waals surface area contributed by atoms with Crippen molar-refractivity contribution in [2.24, 2.45) is 0 Å². The first-order valence-electron chi connectivity index (χ1n) is 7.60. The fourth-order valence-corrected chi connectivity index (χ4v) is 3.02. The number of imide groups is 1. The molecule has 0 bridgehead atoms. The second-order valence-corrected chi connectivity index (χ2v) is 5.92. The van der Waals surface area contributed by atoms with E-state index in [4.69, 9.17) is 8.83 Å². The second-order valence-electron chi connectivity index (χ2n) is 5.92. The SMILES string of the molecule is Cc1ccc(-c2ccc(-c3ccc(C)c4c3C(=O)N(C)C4=O)o2)o1. The van der Waals surface area contributed by atoms with Gasteiger partial charge in [-0.3, -0.25) is 14.5 Å². The molecular weight excluding hydrogens is 306 g/mol. The zero-order valence-corrected chi connectivity index (χ0v) is 13.5. The monoisotopic (exact) mass is 321 g/mol. The first-order chi connectivity index (χ1) is 11.5. The van der Waals surface area contributed by atoms with Crippen molar-refractivity contribution in [1.82, 2.24) is 4.90 Å². The van der Waals surface area contributed by atoms with Gasteiger partial charge in [-0.25, -0.2) is 0 Å². The largest absolute Gasteiger partial charge is 0.458 e. The molecule has 120 valence electrons. The smallest absolute Gasteiger partial charge is 0.262 e. The lowest BCUT2D eigenvalue weighted by Crippen LogP contribution is -2.24. The predicted octanol–water partition coefficient (Wildman–Crippen LogP) is 4.05. The fourth-order valence-electron chi connectivity index (χ4n) is 3.02. The Hall–Kier alpha value is -3.08. The number of aryl methyl sites for hydroxylation is 2. The number of hydrogen-bond donors (Lipinski definition) is 0. The molecule has 2 amide bonds. The van der Waals surface area contributed by atoms with E-state index >= 15 is 0 Å². The van der Waals surface area contributed by atoms with Gasteiger partial charge in [-0.05, 0) is 43.7 Å². The van der Waals surface area contributed by atoms with Crippen LogP contribution in [0.3, 0.4) is 0 Å². The van der Waals surface area contributed by atoms with E-state index in [1.54, 1.807) is 12.1 Å². The summed E-state index contributed by atoms with van der Waals surface area (Å²) in [5.74, 6) is 1.95. The molecule has 0 saturated heterocycles. The number of fused-ring (bicyclic) bond motifs is 1. The molecule has 1 aromatic carbocycles. The van der Waals surface area contributed by atoms with E-state index in [0.29, 0.717) is 34.0 Å². The lowest BCUT2D eigenvalue weighted by Gasteiger charge is -2.05. The normalized spacial score (nSPS) is 13.7. The Morgan fingerprint density at radius 3 is 2.08 bits per heavy atom. The molecule has 0 spiro atoms. The highest BCUT2D eigenvalue weighted by Crippen LogP contribution is 2.36. The lowest BCUT2D eigenvalue weighted by molar-refractivity contribution is 0.0693. The average molecular weight is 321 g/mol. The van der Waals surface area contributed by atoms with Gasteiger partial charge in [-0.1, -0.05) is 12.1 Å². The second kappa shape index (κ2) is 4.96. The van der Waals surface area contributed by atoms with Crippen molar-refractivity contribution in [2.45, 2.75) is 13.8 Å². The van der Waals surface area contributed by atoms with Gasteiger partial charge in [-0.15, -0.1) is 0 Å². The van der Waals surface area contributed by atoms with Crippen LogP contribution in [0.1, 0.15) is 32.0 Å². The van der Waals surface area contributed by atoms with Crippen molar-refractivity contribution in [1.29, 1.82) is 0 Å². The minimum absolute atomic E-state index is 0.275. The van der Waals surface area contributed by atoms with Gasteiger partial charge < -0.3 is 8.83 Å². The molecule has 0 saturated carbocycles. The molecule has 5 nitrogen and oxygen atoms in total. The molecule has 0 N–H and O–H groups in total. The van der Waals surface area contributed by atoms with Crippen LogP contribution >= 0.6 is 0 Å². The van der Waals surface area contributed by atoms with Gasteiger partial charge in [0.05, 0.1) is 11.1 Å². The molecule has 2 aromatic heterocycles. The van der Waals surface area contributed by atoms with E-state index in [-0.39, 0.29) is 11.8 Å². The summed E-state index contributed by atoms with van der Waals surface area (Å²) in [4.78, 5) is 25.9. The molecule has 3 aromatic rings. The van der Waals surface area contributed by atoms with Gasteiger partial charge in [0.1, 0.15) is 11.5 Å². The van der Waals surface area contributed by atoms with Gasteiger partial charge in [-0.2, -0.15) is 0 Å². The van der Waals surface area contributed by atoms with Gasteiger partial charge in [0.2, 0.25) is 0 Å². The Morgan fingerprint density at radius 1 is 0.750 bits per heavy atom. The molecule has 5 heteroatoms. The summed E-state index contributed by atoms with van der Waals surface area (Å²) in [6, 6.07) is 10.9. The highest BCUT2D eigenvalue weighted by molar-refractivity contribution is 6.24. The van der Waals surface area contributed by atoms with Crippen LogP contribution in [-0.4, -0.2) is 23.8 Å². The molecule has 1 aliphatic heterocycles. The van der Waals surface area contributed by atoms with Gasteiger partial charge in [0, 0.05) is 12.6 Å².